The molecule has 0 fully saturated rings. The maximum atomic E-state index is 11.0. The Bertz CT molecular complexity index is 361. The zero-order chi connectivity index (χ0) is 11.3. The molecule has 0 aromatic carbocycles. The summed E-state index contributed by atoms with van der Waals surface area (Å²) in [6.45, 7) is -0.699. The van der Waals surface area contributed by atoms with Crippen LogP contribution in [0.4, 0.5) is 5.95 Å². The average Bonchev–Trinajstić information content (AvgIpc) is 2.62. The Hall–Kier alpha value is -1.96. The van der Waals surface area contributed by atoms with E-state index in [2.05, 4.69) is 9.72 Å². The number of hydrogen-bond donors (Lipinski definition) is 1. The quantitative estimate of drug-likeness (QED) is 0.396. The van der Waals surface area contributed by atoms with Crippen molar-refractivity contribution in [3.8, 4) is 0 Å². The molecule has 1 N–H and O–H groups in total. The van der Waals surface area contributed by atoms with E-state index >= 15 is 0 Å². The molecule has 0 aliphatic heterocycles. The van der Waals surface area contributed by atoms with Crippen molar-refractivity contribution in [2.24, 2.45) is 0 Å². The number of imidazole rings is 1. The first-order valence-corrected chi connectivity index (χ1v) is 4.07. The lowest BCUT2D eigenvalue weighted by atomic mass is 10.6. The molecule has 0 atom stereocenters. The van der Waals surface area contributed by atoms with E-state index in [0.717, 1.165) is 4.57 Å². The third kappa shape index (κ3) is 3.02. The second kappa shape index (κ2) is 5.05. The molecule has 0 saturated carbocycles. The molecule has 1 aromatic heterocycles. The van der Waals surface area contributed by atoms with Gasteiger partial charge in [0.05, 0.1) is 6.61 Å². The molecule has 0 radical (unpaired) electrons. The van der Waals surface area contributed by atoms with Crippen molar-refractivity contribution in [1.29, 1.82) is 0 Å². The fourth-order valence-corrected chi connectivity index (χ4v) is 0.941. The molecule has 0 spiro atoms. The van der Waals surface area contributed by atoms with Gasteiger partial charge in [-0.2, -0.15) is 0 Å². The summed E-state index contributed by atoms with van der Waals surface area (Å²) in [5.74, 6) is -1.08. The minimum absolute atomic E-state index is 0.124. The average molecular weight is 215 g/mol. The van der Waals surface area contributed by atoms with Gasteiger partial charge in [0.2, 0.25) is 0 Å². The second-order valence-corrected chi connectivity index (χ2v) is 2.56. The highest BCUT2D eigenvalue weighted by Gasteiger charge is 2.17. The van der Waals surface area contributed by atoms with Crippen molar-refractivity contribution in [3.05, 3.63) is 22.5 Å². The zero-order valence-corrected chi connectivity index (χ0v) is 7.70. The smallest absolute Gasteiger partial charge is 0.435 e. The molecule has 0 amide bonds. The van der Waals surface area contributed by atoms with Crippen LogP contribution >= 0.6 is 0 Å². The van der Waals surface area contributed by atoms with Gasteiger partial charge in [-0.15, -0.1) is 0 Å². The van der Waals surface area contributed by atoms with Crippen molar-refractivity contribution in [2.75, 3.05) is 13.2 Å². The largest absolute Gasteiger partial charge is 0.461 e. The summed E-state index contributed by atoms with van der Waals surface area (Å²) in [6.07, 6.45) is 2.52. The third-order valence-electron chi connectivity index (χ3n) is 1.51. The van der Waals surface area contributed by atoms with E-state index in [4.69, 9.17) is 5.11 Å². The number of esters is 1. The lowest BCUT2D eigenvalue weighted by Gasteiger charge is -2.02. The molecule has 0 aliphatic carbocycles. The maximum Gasteiger partial charge on any atom is 0.435 e. The maximum absolute atomic E-state index is 11.0. The summed E-state index contributed by atoms with van der Waals surface area (Å²) in [4.78, 5) is 24.2. The van der Waals surface area contributed by atoms with Gasteiger partial charge in [-0.3, -0.25) is 0 Å². The Labute approximate surface area is 84.3 Å². The number of rotatable bonds is 5. The highest BCUT2D eigenvalue weighted by atomic mass is 16.6. The number of carbonyl (C=O) groups excluding carboxylic acids is 1. The van der Waals surface area contributed by atoms with Crippen LogP contribution in [0.1, 0.15) is 0 Å². The molecule has 15 heavy (non-hydrogen) atoms. The van der Waals surface area contributed by atoms with E-state index in [1.807, 2.05) is 0 Å². The van der Waals surface area contributed by atoms with Crippen molar-refractivity contribution >= 4 is 11.9 Å². The molecule has 1 heterocycles. The summed E-state index contributed by atoms with van der Waals surface area (Å²) in [7, 11) is 0. The Morgan fingerprint density at radius 3 is 3.07 bits per heavy atom. The van der Waals surface area contributed by atoms with Crippen LogP contribution in [-0.2, 0) is 16.1 Å². The first-order chi connectivity index (χ1) is 7.15. The molecule has 0 saturated heterocycles. The van der Waals surface area contributed by atoms with E-state index in [-0.39, 0.29) is 19.8 Å². The van der Waals surface area contributed by atoms with Crippen LogP contribution in [0.15, 0.2) is 12.4 Å². The Morgan fingerprint density at radius 2 is 2.47 bits per heavy atom. The van der Waals surface area contributed by atoms with Gasteiger partial charge in [-0.25, -0.2) is 9.36 Å². The Kier molecular flexibility index (Phi) is 3.75. The Morgan fingerprint density at radius 1 is 1.73 bits per heavy atom. The van der Waals surface area contributed by atoms with Gasteiger partial charge in [0.1, 0.15) is 19.0 Å². The van der Waals surface area contributed by atoms with Crippen LogP contribution in [0.2, 0.25) is 0 Å². The summed E-state index contributed by atoms with van der Waals surface area (Å²) < 4.78 is 5.59. The highest BCUT2D eigenvalue weighted by molar-refractivity contribution is 5.69. The van der Waals surface area contributed by atoms with Crippen molar-refractivity contribution < 1.29 is 19.6 Å². The SMILES string of the molecule is O=C(Cn1ccnc1[N+](=O)[O-])OCCO. The van der Waals surface area contributed by atoms with E-state index in [9.17, 15) is 14.9 Å². The summed E-state index contributed by atoms with van der Waals surface area (Å²) in [6, 6.07) is 0. The molecule has 0 bridgehead atoms. The van der Waals surface area contributed by atoms with Crippen molar-refractivity contribution in [3.63, 3.8) is 0 Å². The number of nitrogens with zero attached hydrogens (tertiary/aromatic N) is 3. The lowest BCUT2D eigenvalue weighted by Crippen LogP contribution is -2.16. The summed E-state index contributed by atoms with van der Waals surface area (Å²) in [5.41, 5.74) is 0. The highest BCUT2D eigenvalue weighted by Crippen LogP contribution is 2.06. The van der Waals surface area contributed by atoms with Crippen molar-refractivity contribution in [1.82, 2.24) is 9.55 Å². The predicted molar refractivity (Wildman–Crippen MR) is 46.9 cm³/mol. The van der Waals surface area contributed by atoms with Crippen LogP contribution in [0, 0.1) is 10.1 Å². The monoisotopic (exact) mass is 215 g/mol. The molecular formula is C7H9N3O5. The van der Waals surface area contributed by atoms with Gasteiger partial charge in [0.15, 0.2) is 6.54 Å². The number of ether oxygens (including phenoxy) is 1. The number of nitro groups is 1. The fraction of sp³-hybridized carbons (Fsp3) is 0.429. The third-order valence-corrected chi connectivity index (χ3v) is 1.51. The van der Waals surface area contributed by atoms with Gasteiger partial charge in [0.25, 0.3) is 0 Å². The summed E-state index contributed by atoms with van der Waals surface area (Å²) >= 11 is 0. The molecular weight excluding hydrogens is 206 g/mol. The lowest BCUT2D eigenvalue weighted by molar-refractivity contribution is -0.396. The molecule has 8 heteroatoms. The first-order valence-electron chi connectivity index (χ1n) is 4.07. The van der Waals surface area contributed by atoms with E-state index in [0.29, 0.717) is 0 Å². The van der Waals surface area contributed by atoms with Gasteiger partial charge in [-0.1, -0.05) is 4.98 Å². The molecule has 82 valence electrons. The Balaban J connectivity index is 2.60. The standard InChI is InChI=1S/C7H9N3O5/c11-3-4-15-6(12)5-9-2-1-8-7(9)10(13)14/h1-2,11H,3-5H2. The zero-order valence-electron chi connectivity index (χ0n) is 7.70. The molecule has 8 nitrogen and oxygen atoms in total. The van der Waals surface area contributed by atoms with Gasteiger partial charge in [0, 0.05) is 0 Å². The van der Waals surface area contributed by atoms with E-state index in [1.165, 1.54) is 12.4 Å². The summed E-state index contributed by atoms with van der Waals surface area (Å²) in [5, 5.41) is 18.8. The fourth-order valence-electron chi connectivity index (χ4n) is 0.941. The van der Waals surface area contributed by atoms with Gasteiger partial charge < -0.3 is 20.0 Å². The number of hydrogen-bond acceptors (Lipinski definition) is 6. The molecule has 1 aromatic rings. The predicted octanol–water partition coefficient (Wildman–Crippen LogP) is -0.673. The van der Waals surface area contributed by atoms with Crippen LogP contribution in [0.3, 0.4) is 0 Å². The number of aromatic nitrogens is 2. The number of aliphatic hydroxyl groups is 1. The second-order valence-electron chi connectivity index (χ2n) is 2.56. The minimum atomic E-state index is -0.695. The topological polar surface area (TPSA) is 107 Å². The normalized spacial score (nSPS) is 9.93. The molecule has 0 unspecified atom stereocenters. The van der Waals surface area contributed by atoms with Gasteiger partial charge in [-0.05, 0) is 4.92 Å². The minimum Gasteiger partial charge on any atom is -0.461 e. The van der Waals surface area contributed by atoms with E-state index in [1.54, 1.807) is 0 Å². The van der Waals surface area contributed by atoms with Gasteiger partial charge >= 0.3 is 11.9 Å². The van der Waals surface area contributed by atoms with Crippen LogP contribution in [0.25, 0.3) is 0 Å². The van der Waals surface area contributed by atoms with Crippen LogP contribution in [0.5, 0.6) is 0 Å². The number of carbonyl (C=O) groups is 1. The van der Waals surface area contributed by atoms with E-state index < -0.39 is 16.8 Å². The van der Waals surface area contributed by atoms with Crippen molar-refractivity contribution in [2.45, 2.75) is 6.54 Å². The van der Waals surface area contributed by atoms with Crippen LogP contribution in [-0.4, -0.2) is 38.8 Å². The molecule has 1 rings (SSSR count). The van der Waals surface area contributed by atoms with Crippen LogP contribution < -0.4 is 0 Å². The number of aliphatic hydroxyl groups excluding tert-OH is 1. The molecule has 0 aliphatic rings. The first kappa shape index (κ1) is 11.1.